The van der Waals surface area contributed by atoms with Gasteiger partial charge in [0.1, 0.15) is 0 Å². The minimum absolute atomic E-state index is 0.0493. The summed E-state index contributed by atoms with van der Waals surface area (Å²) in [7, 11) is 0. The van der Waals surface area contributed by atoms with Crippen molar-refractivity contribution in [1.29, 1.82) is 0 Å². The standard InChI is InChI=1S/C32H31NS2/c1-18(2)13-23-19(3)34-28-17-25-29(16-24(23)28)35-27-11-12-33-31(30(25)27)21-14-20-9-7-8-10-22(20)26(15-21)32(4,5)6/h7-12,14-18H,13H2,1-6H3. The zero-order valence-corrected chi connectivity index (χ0v) is 23.0. The molecule has 35 heavy (non-hydrogen) atoms. The fraction of sp³-hybridized carbons (Fsp3) is 0.281. The quantitative estimate of drug-likeness (QED) is 0.239. The van der Waals surface area contributed by atoms with Crippen LogP contribution < -0.4 is 0 Å². The molecule has 0 spiro atoms. The molecule has 0 saturated heterocycles. The molecule has 3 heterocycles. The lowest BCUT2D eigenvalue weighted by Crippen LogP contribution is -2.12. The normalized spacial score (nSPS) is 12.7. The van der Waals surface area contributed by atoms with E-state index in [0.717, 1.165) is 12.1 Å². The Labute approximate surface area is 215 Å². The van der Waals surface area contributed by atoms with Crippen molar-refractivity contribution in [2.75, 3.05) is 0 Å². The first kappa shape index (κ1) is 22.7. The average molecular weight is 494 g/mol. The van der Waals surface area contributed by atoms with Gasteiger partial charge in [-0.1, -0.05) is 58.9 Å². The number of fused-ring (bicyclic) bond motifs is 5. The lowest BCUT2D eigenvalue weighted by Gasteiger charge is -2.23. The van der Waals surface area contributed by atoms with Crippen LogP contribution in [-0.4, -0.2) is 4.98 Å². The first-order valence-electron chi connectivity index (χ1n) is 12.5. The highest BCUT2D eigenvalue weighted by Crippen LogP contribution is 2.44. The third-order valence-electron chi connectivity index (χ3n) is 7.05. The number of thiophene rings is 2. The maximum atomic E-state index is 4.98. The summed E-state index contributed by atoms with van der Waals surface area (Å²) < 4.78 is 4.07. The van der Waals surface area contributed by atoms with Gasteiger partial charge in [0.05, 0.1) is 5.69 Å². The van der Waals surface area contributed by atoms with Gasteiger partial charge in [-0.2, -0.15) is 0 Å². The molecule has 0 amide bonds. The summed E-state index contributed by atoms with van der Waals surface area (Å²) in [6.07, 6.45) is 3.12. The Morgan fingerprint density at radius 1 is 0.829 bits per heavy atom. The van der Waals surface area contributed by atoms with E-state index >= 15 is 0 Å². The van der Waals surface area contributed by atoms with Gasteiger partial charge in [0.2, 0.25) is 0 Å². The van der Waals surface area contributed by atoms with Crippen LogP contribution in [0.5, 0.6) is 0 Å². The van der Waals surface area contributed by atoms with Gasteiger partial charge >= 0.3 is 0 Å². The van der Waals surface area contributed by atoms with Gasteiger partial charge in [0.15, 0.2) is 0 Å². The molecule has 3 aromatic heterocycles. The SMILES string of the molecule is Cc1sc2cc3c(cc2c1CC(C)C)sc1ccnc(-c2cc(C(C)(C)C)c4ccccc4c2)c13. The minimum Gasteiger partial charge on any atom is -0.256 e. The molecule has 6 rings (SSSR count). The fourth-order valence-corrected chi connectivity index (χ4v) is 7.67. The van der Waals surface area contributed by atoms with Gasteiger partial charge in [0, 0.05) is 41.5 Å². The van der Waals surface area contributed by atoms with Crippen LogP contribution in [0.4, 0.5) is 0 Å². The smallest absolute Gasteiger partial charge is 0.0795 e. The van der Waals surface area contributed by atoms with Crippen molar-refractivity contribution >= 4 is 63.7 Å². The summed E-state index contributed by atoms with van der Waals surface area (Å²) in [5, 5.41) is 6.68. The summed E-state index contributed by atoms with van der Waals surface area (Å²) in [5.41, 5.74) is 5.26. The van der Waals surface area contributed by atoms with E-state index < -0.39 is 0 Å². The Morgan fingerprint density at radius 3 is 2.34 bits per heavy atom. The van der Waals surface area contributed by atoms with Gasteiger partial charge in [-0.05, 0) is 82.3 Å². The van der Waals surface area contributed by atoms with Crippen LogP contribution in [0.25, 0.3) is 52.3 Å². The van der Waals surface area contributed by atoms with Crippen molar-refractivity contribution in [3.8, 4) is 11.3 Å². The van der Waals surface area contributed by atoms with E-state index in [0.29, 0.717) is 5.92 Å². The van der Waals surface area contributed by atoms with Crippen molar-refractivity contribution < 1.29 is 0 Å². The molecule has 0 aliphatic rings. The van der Waals surface area contributed by atoms with Crippen LogP contribution in [-0.2, 0) is 11.8 Å². The van der Waals surface area contributed by atoms with Gasteiger partial charge in [-0.25, -0.2) is 0 Å². The monoisotopic (exact) mass is 493 g/mol. The van der Waals surface area contributed by atoms with Gasteiger partial charge < -0.3 is 0 Å². The Hall–Kier alpha value is -2.75. The van der Waals surface area contributed by atoms with E-state index in [1.807, 2.05) is 28.9 Å². The fourth-order valence-electron chi connectivity index (χ4n) is 5.43. The lowest BCUT2D eigenvalue weighted by atomic mass is 9.82. The third kappa shape index (κ3) is 3.77. The number of aryl methyl sites for hydroxylation is 1. The molecule has 0 saturated carbocycles. The number of pyridine rings is 1. The van der Waals surface area contributed by atoms with Crippen LogP contribution in [0.1, 0.15) is 50.6 Å². The van der Waals surface area contributed by atoms with E-state index in [4.69, 9.17) is 4.98 Å². The van der Waals surface area contributed by atoms with E-state index in [2.05, 4.69) is 96.1 Å². The Balaban J connectivity index is 1.65. The molecular weight excluding hydrogens is 462 g/mol. The topological polar surface area (TPSA) is 12.9 Å². The zero-order valence-electron chi connectivity index (χ0n) is 21.3. The Bertz CT molecular complexity index is 1740. The molecule has 0 radical (unpaired) electrons. The molecule has 3 heteroatoms. The predicted octanol–water partition coefficient (Wildman–Crippen LogP) is 10.3. The summed E-state index contributed by atoms with van der Waals surface area (Å²) in [6.45, 7) is 13.8. The van der Waals surface area contributed by atoms with Gasteiger partial charge in [0.25, 0.3) is 0 Å². The Kier molecular flexibility index (Phi) is 5.28. The molecular formula is C32H31NS2. The summed E-state index contributed by atoms with van der Waals surface area (Å²) in [5.74, 6) is 0.658. The summed E-state index contributed by atoms with van der Waals surface area (Å²) in [4.78, 5) is 6.44. The van der Waals surface area contributed by atoms with Crippen molar-refractivity contribution in [2.45, 2.75) is 53.4 Å². The maximum absolute atomic E-state index is 4.98. The first-order valence-corrected chi connectivity index (χ1v) is 14.1. The second kappa shape index (κ2) is 8.15. The van der Waals surface area contributed by atoms with E-state index in [1.165, 1.54) is 62.6 Å². The molecule has 6 aromatic rings. The van der Waals surface area contributed by atoms with Crippen molar-refractivity contribution in [3.05, 3.63) is 76.8 Å². The molecule has 0 bridgehead atoms. The van der Waals surface area contributed by atoms with E-state index in [1.54, 1.807) is 0 Å². The number of aromatic nitrogens is 1. The van der Waals surface area contributed by atoms with Gasteiger partial charge in [-0.3, -0.25) is 4.98 Å². The molecule has 0 aliphatic heterocycles. The predicted molar refractivity (Wildman–Crippen MR) is 157 cm³/mol. The van der Waals surface area contributed by atoms with Crippen molar-refractivity contribution in [2.24, 2.45) is 5.92 Å². The molecule has 3 aromatic carbocycles. The van der Waals surface area contributed by atoms with Crippen molar-refractivity contribution in [1.82, 2.24) is 4.98 Å². The molecule has 1 nitrogen and oxygen atoms in total. The number of hydrogen-bond acceptors (Lipinski definition) is 3. The van der Waals surface area contributed by atoms with E-state index in [9.17, 15) is 0 Å². The Morgan fingerprint density at radius 2 is 1.57 bits per heavy atom. The number of benzene rings is 3. The minimum atomic E-state index is 0.0493. The van der Waals surface area contributed by atoms with Crippen LogP contribution >= 0.6 is 22.7 Å². The molecule has 0 N–H and O–H groups in total. The largest absolute Gasteiger partial charge is 0.256 e. The van der Waals surface area contributed by atoms with E-state index in [-0.39, 0.29) is 5.41 Å². The third-order valence-corrected chi connectivity index (χ3v) is 9.28. The van der Waals surface area contributed by atoms with Gasteiger partial charge in [-0.15, -0.1) is 22.7 Å². The first-order chi connectivity index (χ1) is 16.7. The highest BCUT2D eigenvalue weighted by Gasteiger charge is 2.21. The summed E-state index contributed by atoms with van der Waals surface area (Å²) in [6, 6.07) is 20.5. The number of nitrogens with zero attached hydrogens (tertiary/aromatic N) is 1. The average Bonchev–Trinajstić information content (AvgIpc) is 3.32. The number of rotatable bonds is 3. The molecule has 0 fully saturated rings. The second-order valence-corrected chi connectivity index (χ2v) is 13.5. The molecule has 176 valence electrons. The summed E-state index contributed by atoms with van der Waals surface area (Å²) >= 11 is 3.84. The number of hydrogen-bond donors (Lipinski definition) is 0. The molecule has 0 unspecified atom stereocenters. The molecule has 0 atom stereocenters. The molecule has 0 aliphatic carbocycles. The van der Waals surface area contributed by atoms with Crippen LogP contribution in [0, 0.1) is 12.8 Å². The van der Waals surface area contributed by atoms with Crippen LogP contribution in [0.15, 0.2) is 60.8 Å². The van der Waals surface area contributed by atoms with Crippen LogP contribution in [0.3, 0.4) is 0 Å². The van der Waals surface area contributed by atoms with Crippen LogP contribution in [0.2, 0.25) is 0 Å². The highest BCUT2D eigenvalue weighted by molar-refractivity contribution is 7.26. The highest BCUT2D eigenvalue weighted by atomic mass is 32.1. The van der Waals surface area contributed by atoms with Crippen molar-refractivity contribution in [3.63, 3.8) is 0 Å². The zero-order chi connectivity index (χ0) is 24.5. The second-order valence-electron chi connectivity index (χ2n) is 11.2. The maximum Gasteiger partial charge on any atom is 0.0795 e. The lowest BCUT2D eigenvalue weighted by molar-refractivity contribution is 0.596.